The highest BCUT2D eigenvalue weighted by atomic mass is 19.1. The molecular weight excluding hydrogens is 155 g/mol. The number of benzene rings is 1. The van der Waals surface area contributed by atoms with E-state index in [1.54, 1.807) is 24.3 Å². The van der Waals surface area contributed by atoms with Crippen molar-refractivity contribution in [3.63, 3.8) is 0 Å². The second-order valence-electron chi connectivity index (χ2n) is 2.49. The van der Waals surface area contributed by atoms with Crippen molar-refractivity contribution in [1.82, 2.24) is 0 Å². The molecule has 0 radical (unpaired) electrons. The minimum Gasteiger partial charge on any atom is -0.322 e. The highest BCUT2D eigenvalue weighted by Gasteiger charge is 2.03. The predicted octanol–water partition coefficient (Wildman–Crippen LogP) is 1.53. The number of nitrogens with two attached hydrogens (primary N) is 1. The summed E-state index contributed by atoms with van der Waals surface area (Å²) in [6, 6.07) is 8.00. The van der Waals surface area contributed by atoms with Gasteiger partial charge >= 0.3 is 0 Å². The molecule has 1 aromatic rings. The number of nitrogens with zero attached hydrogens (tertiary/aromatic N) is 1. The molecule has 0 bridgehead atoms. The third-order valence-electron chi connectivity index (χ3n) is 1.63. The number of hydrogen-bond donors (Lipinski definition) is 1. The van der Waals surface area contributed by atoms with Gasteiger partial charge in [-0.3, -0.25) is 0 Å². The van der Waals surface area contributed by atoms with Gasteiger partial charge in [0.05, 0.1) is 17.7 Å². The van der Waals surface area contributed by atoms with Crippen LogP contribution in [0.3, 0.4) is 0 Å². The summed E-state index contributed by atoms with van der Waals surface area (Å²) in [6.07, 6.45) is 0. The Morgan fingerprint density at radius 2 is 2.00 bits per heavy atom. The highest BCUT2D eigenvalue weighted by molar-refractivity contribution is 5.32. The largest absolute Gasteiger partial charge is 0.322 e. The van der Waals surface area contributed by atoms with Gasteiger partial charge in [-0.15, -0.1) is 0 Å². The molecule has 2 nitrogen and oxygen atoms in total. The lowest BCUT2D eigenvalue weighted by atomic mass is 10.1. The number of alkyl halides is 1. The summed E-state index contributed by atoms with van der Waals surface area (Å²) in [4.78, 5) is 0. The Balaban J connectivity index is 2.86. The first-order valence-corrected chi connectivity index (χ1v) is 3.59. The molecule has 0 aromatic heterocycles. The van der Waals surface area contributed by atoms with Crippen molar-refractivity contribution in [3.05, 3.63) is 35.4 Å². The summed E-state index contributed by atoms with van der Waals surface area (Å²) in [5, 5.41) is 8.47. The zero-order valence-corrected chi connectivity index (χ0v) is 6.50. The average molecular weight is 164 g/mol. The summed E-state index contributed by atoms with van der Waals surface area (Å²) in [7, 11) is 0. The Kier molecular flexibility index (Phi) is 2.78. The molecule has 3 heteroatoms. The van der Waals surface area contributed by atoms with Crippen LogP contribution in [0.2, 0.25) is 0 Å². The molecule has 1 unspecified atom stereocenters. The summed E-state index contributed by atoms with van der Waals surface area (Å²) >= 11 is 0. The number of hydrogen-bond acceptors (Lipinski definition) is 2. The van der Waals surface area contributed by atoms with Crippen LogP contribution < -0.4 is 5.73 Å². The topological polar surface area (TPSA) is 49.8 Å². The normalized spacial score (nSPS) is 12.1. The number of nitriles is 1. The molecule has 1 rings (SSSR count). The molecule has 1 aromatic carbocycles. The van der Waals surface area contributed by atoms with E-state index in [9.17, 15) is 4.39 Å². The Morgan fingerprint density at radius 3 is 2.42 bits per heavy atom. The standard InChI is InChI=1S/C9H9FN2/c10-5-9(12)8-3-1-7(6-11)2-4-8/h1-4,9H,5,12H2. The third-order valence-corrected chi connectivity index (χ3v) is 1.63. The fourth-order valence-electron chi connectivity index (χ4n) is 0.894. The van der Waals surface area contributed by atoms with Crippen molar-refractivity contribution in [3.8, 4) is 6.07 Å². The number of halogens is 1. The Morgan fingerprint density at radius 1 is 1.42 bits per heavy atom. The van der Waals surface area contributed by atoms with Gasteiger partial charge in [0.25, 0.3) is 0 Å². The zero-order chi connectivity index (χ0) is 8.97. The van der Waals surface area contributed by atoms with Crippen LogP contribution in [0.1, 0.15) is 17.2 Å². The highest BCUT2D eigenvalue weighted by Crippen LogP contribution is 2.11. The van der Waals surface area contributed by atoms with Gasteiger partial charge in [-0.25, -0.2) is 4.39 Å². The quantitative estimate of drug-likeness (QED) is 0.720. The molecule has 0 aliphatic carbocycles. The van der Waals surface area contributed by atoms with Crippen molar-refractivity contribution in [2.75, 3.05) is 6.67 Å². The fraction of sp³-hybridized carbons (Fsp3) is 0.222. The van der Waals surface area contributed by atoms with Crippen LogP contribution in [0.25, 0.3) is 0 Å². The van der Waals surface area contributed by atoms with Crippen LogP contribution in [0.5, 0.6) is 0 Å². The predicted molar refractivity (Wildman–Crippen MR) is 44.1 cm³/mol. The first-order chi connectivity index (χ1) is 5.77. The van der Waals surface area contributed by atoms with Gasteiger partial charge in [0, 0.05) is 0 Å². The van der Waals surface area contributed by atoms with Gasteiger partial charge in [0.15, 0.2) is 0 Å². The first-order valence-electron chi connectivity index (χ1n) is 3.59. The van der Waals surface area contributed by atoms with Crippen LogP contribution in [-0.2, 0) is 0 Å². The molecule has 0 spiro atoms. The monoisotopic (exact) mass is 164 g/mol. The van der Waals surface area contributed by atoms with E-state index in [-0.39, 0.29) is 0 Å². The van der Waals surface area contributed by atoms with E-state index in [1.165, 1.54) is 0 Å². The minimum absolute atomic E-state index is 0.560. The van der Waals surface area contributed by atoms with Crippen molar-refractivity contribution in [1.29, 1.82) is 5.26 Å². The maximum Gasteiger partial charge on any atom is 0.109 e. The molecule has 0 fully saturated rings. The van der Waals surface area contributed by atoms with Crippen LogP contribution in [0.15, 0.2) is 24.3 Å². The van der Waals surface area contributed by atoms with Gasteiger partial charge in [0.2, 0.25) is 0 Å². The molecule has 1 atom stereocenters. The molecule has 0 saturated heterocycles. The number of rotatable bonds is 2. The van der Waals surface area contributed by atoms with Crippen LogP contribution in [0, 0.1) is 11.3 Å². The summed E-state index contributed by atoms with van der Waals surface area (Å²) in [6.45, 7) is -0.577. The van der Waals surface area contributed by atoms with Crippen LogP contribution in [-0.4, -0.2) is 6.67 Å². The third kappa shape index (κ3) is 1.80. The molecular formula is C9H9FN2. The smallest absolute Gasteiger partial charge is 0.109 e. The lowest BCUT2D eigenvalue weighted by Gasteiger charge is -2.05. The fourth-order valence-corrected chi connectivity index (χ4v) is 0.894. The summed E-state index contributed by atoms with van der Waals surface area (Å²) in [5.41, 5.74) is 6.71. The Labute approximate surface area is 70.4 Å². The van der Waals surface area contributed by atoms with Crippen molar-refractivity contribution in [2.24, 2.45) is 5.73 Å². The van der Waals surface area contributed by atoms with Gasteiger partial charge in [-0.1, -0.05) is 12.1 Å². The molecule has 2 N–H and O–H groups in total. The van der Waals surface area contributed by atoms with Gasteiger partial charge in [0.1, 0.15) is 6.67 Å². The summed E-state index contributed by atoms with van der Waals surface area (Å²) in [5.74, 6) is 0. The van der Waals surface area contributed by atoms with Gasteiger partial charge in [-0.05, 0) is 17.7 Å². The second kappa shape index (κ2) is 3.84. The SMILES string of the molecule is N#Cc1ccc(C(N)CF)cc1. The maximum absolute atomic E-state index is 12.1. The Bertz CT molecular complexity index is 286. The lowest BCUT2D eigenvalue weighted by Crippen LogP contribution is -2.11. The minimum atomic E-state index is -0.577. The van der Waals surface area contributed by atoms with Crippen LogP contribution >= 0.6 is 0 Å². The van der Waals surface area contributed by atoms with E-state index in [1.807, 2.05) is 6.07 Å². The maximum atomic E-state index is 12.1. The molecule has 0 amide bonds. The van der Waals surface area contributed by atoms with E-state index in [0.29, 0.717) is 5.56 Å². The van der Waals surface area contributed by atoms with E-state index in [2.05, 4.69) is 0 Å². The van der Waals surface area contributed by atoms with Crippen molar-refractivity contribution >= 4 is 0 Å². The average Bonchev–Trinajstić information content (AvgIpc) is 2.17. The molecule has 0 aliphatic heterocycles. The molecule has 12 heavy (non-hydrogen) atoms. The molecule has 0 heterocycles. The van der Waals surface area contributed by atoms with Crippen molar-refractivity contribution < 1.29 is 4.39 Å². The first kappa shape index (κ1) is 8.69. The molecule has 0 saturated carbocycles. The zero-order valence-electron chi connectivity index (χ0n) is 6.50. The molecule has 0 aliphatic rings. The van der Waals surface area contributed by atoms with E-state index in [0.717, 1.165) is 5.56 Å². The molecule has 62 valence electrons. The van der Waals surface area contributed by atoms with Crippen LogP contribution in [0.4, 0.5) is 4.39 Å². The van der Waals surface area contributed by atoms with Gasteiger partial charge in [-0.2, -0.15) is 5.26 Å². The van der Waals surface area contributed by atoms with E-state index >= 15 is 0 Å². The van der Waals surface area contributed by atoms with Crippen molar-refractivity contribution in [2.45, 2.75) is 6.04 Å². The van der Waals surface area contributed by atoms with Gasteiger partial charge < -0.3 is 5.73 Å². The summed E-state index contributed by atoms with van der Waals surface area (Å²) < 4.78 is 12.1. The second-order valence-corrected chi connectivity index (χ2v) is 2.49. The van der Waals surface area contributed by atoms with E-state index in [4.69, 9.17) is 11.0 Å². The Hall–Kier alpha value is -1.40. The lowest BCUT2D eigenvalue weighted by molar-refractivity contribution is 0.437. The van der Waals surface area contributed by atoms with E-state index < -0.39 is 12.7 Å².